The van der Waals surface area contributed by atoms with Gasteiger partial charge in [0.15, 0.2) is 5.78 Å². The van der Waals surface area contributed by atoms with E-state index in [1.807, 2.05) is 13.8 Å². The summed E-state index contributed by atoms with van der Waals surface area (Å²) in [7, 11) is 3.10. The summed E-state index contributed by atoms with van der Waals surface area (Å²) in [6.07, 6.45) is 1.96. The van der Waals surface area contributed by atoms with E-state index in [0.717, 1.165) is 15.9 Å². The topological polar surface area (TPSA) is 52.7 Å². The molecule has 0 aromatic carbocycles. The quantitative estimate of drug-likeness (QED) is 0.689. The van der Waals surface area contributed by atoms with Crippen LogP contribution >= 0.6 is 0 Å². The first kappa shape index (κ1) is 24.9. The minimum Gasteiger partial charge on any atom is -0.293 e. The Hall–Kier alpha value is -2.05. The lowest BCUT2D eigenvalue weighted by atomic mass is 9.87. The third-order valence-corrected chi connectivity index (χ3v) is 3.68. The van der Waals surface area contributed by atoms with Gasteiger partial charge in [-0.05, 0) is 20.3 Å². The van der Waals surface area contributed by atoms with Crippen LogP contribution in [0.25, 0.3) is 0 Å². The Bertz CT molecular complexity index is 755. The summed E-state index contributed by atoms with van der Waals surface area (Å²) in [5.41, 5.74) is 1.50. The SMILES string of the molecule is CCC.CCc1c(C)nn(C)c1F.Cc1nn(C)c(F)c1C(=O)C(C)(C)C. The summed E-state index contributed by atoms with van der Waals surface area (Å²) in [6.45, 7) is 14.9. The van der Waals surface area contributed by atoms with Crippen molar-refractivity contribution >= 4 is 5.78 Å². The number of carbonyl (C=O) groups is 1. The molecule has 0 aliphatic rings. The van der Waals surface area contributed by atoms with E-state index in [4.69, 9.17) is 0 Å². The summed E-state index contributed by atoms with van der Waals surface area (Å²) in [4.78, 5) is 11.8. The summed E-state index contributed by atoms with van der Waals surface area (Å²) < 4.78 is 28.8. The van der Waals surface area contributed by atoms with E-state index in [0.29, 0.717) is 12.1 Å². The number of aromatic nitrogens is 4. The maximum atomic E-state index is 13.5. The number of nitrogens with zero attached hydrogens (tertiary/aromatic N) is 4. The second-order valence-electron chi connectivity index (χ2n) is 7.49. The standard InChI is InChI=1S/C10H15FN2O.C7H11FN2.C3H8/c1-6-7(8(14)10(2,3)4)9(11)13(5)12-6;1-4-6-5(2)9-10(3)7(6)8;1-3-2/h1-5H3;4H2,1-3H3;3H2,1-2H3. The molecule has 2 rings (SSSR count). The van der Waals surface area contributed by atoms with Gasteiger partial charge in [0, 0.05) is 25.1 Å². The average Bonchev–Trinajstić information content (AvgIpc) is 2.94. The lowest BCUT2D eigenvalue weighted by Gasteiger charge is -2.15. The lowest BCUT2D eigenvalue weighted by Crippen LogP contribution is -2.21. The fourth-order valence-corrected chi connectivity index (χ4v) is 2.34. The highest BCUT2D eigenvalue weighted by atomic mass is 19.1. The van der Waals surface area contributed by atoms with E-state index in [1.54, 1.807) is 34.7 Å². The van der Waals surface area contributed by atoms with E-state index in [2.05, 4.69) is 24.0 Å². The Labute approximate surface area is 161 Å². The molecule has 0 atom stereocenters. The van der Waals surface area contributed by atoms with Crippen molar-refractivity contribution < 1.29 is 13.6 Å². The van der Waals surface area contributed by atoms with Crippen LogP contribution in [0, 0.1) is 31.2 Å². The summed E-state index contributed by atoms with van der Waals surface area (Å²) in [5.74, 6) is -0.969. The highest BCUT2D eigenvalue weighted by Crippen LogP contribution is 2.24. The van der Waals surface area contributed by atoms with Gasteiger partial charge in [-0.1, -0.05) is 48.0 Å². The number of rotatable bonds is 2. The Morgan fingerprint density at radius 1 is 0.926 bits per heavy atom. The predicted octanol–water partition coefficient (Wildman–Crippen LogP) is 4.94. The normalized spacial score (nSPS) is 10.7. The molecule has 0 bridgehead atoms. The van der Waals surface area contributed by atoms with Gasteiger partial charge in [-0.3, -0.25) is 4.79 Å². The van der Waals surface area contributed by atoms with Crippen molar-refractivity contribution in [1.82, 2.24) is 19.6 Å². The van der Waals surface area contributed by atoms with E-state index >= 15 is 0 Å². The number of halogens is 2. The molecule has 0 radical (unpaired) electrons. The highest BCUT2D eigenvalue weighted by molar-refractivity contribution is 6.00. The van der Waals surface area contributed by atoms with Gasteiger partial charge in [0.1, 0.15) is 0 Å². The number of hydrogen-bond acceptors (Lipinski definition) is 3. The molecule has 2 aromatic heterocycles. The molecule has 154 valence electrons. The fraction of sp³-hybridized carbons (Fsp3) is 0.650. The van der Waals surface area contributed by atoms with Gasteiger partial charge in [-0.2, -0.15) is 19.0 Å². The van der Waals surface area contributed by atoms with Gasteiger partial charge in [0.05, 0.1) is 17.0 Å². The largest absolute Gasteiger partial charge is 0.293 e. The molecule has 0 saturated carbocycles. The van der Waals surface area contributed by atoms with Crippen LogP contribution in [-0.2, 0) is 20.5 Å². The monoisotopic (exact) mass is 384 g/mol. The zero-order valence-electron chi connectivity index (χ0n) is 18.4. The van der Waals surface area contributed by atoms with Crippen LogP contribution in [0.4, 0.5) is 8.78 Å². The first-order valence-electron chi connectivity index (χ1n) is 9.25. The molecule has 7 heteroatoms. The third kappa shape index (κ3) is 6.56. The minimum atomic E-state index is -0.575. The van der Waals surface area contributed by atoms with E-state index in [1.165, 1.54) is 18.2 Å². The van der Waals surface area contributed by atoms with Gasteiger partial charge in [-0.15, -0.1) is 0 Å². The summed E-state index contributed by atoms with van der Waals surface area (Å²) >= 11 is 0. The van der Waals surface area contributed by atoms with Gasteiger partial charge in [0.25, 0.3) is 0 Å². The molecule has 0 spiro atoms. The van der Waals surface area contributed by atoms with Crippen molar-refractivity contribution in [3.63, 3.8) is 0 Å². The van der Waals surface area contributed by atoms with Crippen LogP contribution in [0.1, 0.15) is 75.3 Å². The van der Waals surface area contributed by atoms with Crippen molar-refractivity contribution in [3.8, 4) is 0 Å². The second-order valence-corrected chi connectivity index (χ2v) is 7.49. The van der Waals surface area contributed by atoms with E-state index in [-0.39, 0.29) is 17.3 Å². The van der Waals surface area contributed by atoms with Crippen molar-refractivity contribution in [2.75, 3.05) is 0 Å². The number of ketones is 1. The molecule has 5 nitrogen and oxygen atoms in total. The van der Waals surface area contributed by atoms with Crippen LogP contribution in [0.5, 0.6) is 0 Å². The molecular formula is C20H34F2N4O. The zero-order chi connectivity index (χ0) is 21.5. The van der Waals surface area contributed by atoms with Crippen LogP contribution < -0.4 is 0 Å². The fourth-order valence-electron chi connectivity index (χ4n) is 2.34. The molecule has 0 unspecified atom stereocenters. The van der Waals surface area contributed by atoms with Gasteiger partial charge < -0.3 is 0 Å². The average molecular weight is 385 g/mol. The van der Waals surface area contributed by atoms with E-state index in [9.17, 15) is 13.6 Å². The first-order valence-corrected chi connectivity index (χ1v) is 9.25. The maximum Gasteiger partial charge on any atom is 0.222 e. The lowest BCUT2D eigenvalue weighted by molar-refractivity contribution is 0.0852. The van der Waals surface area contributed by atoms with E-state index < -0.39 is 11.4 Å². The predicted molar refractivity (Wildman–Crippen MR) is 105 cm³/mol. The van der Waals surface area contributed by atoms with Crippen LogP contribution in [-0.4, -0.2) is 25.3 Å². The van der Waals surface area contributed by atoms with Crippen LogP contribution in [0.15, 0.2) is 0 Å². The number of aryl methyl sites for hydroxylation is 4. The van der Waals surface area contributed by atoms with Crippen LogP contribution in [0.3, 0.4) is 0 Å². The Balaban J connectivity index is 0.000000455. The molecular weight excluding hydrogens is 350 g/mol. The molecule has 0 N–H and O–H groups in total. The number of hydrogen-bond donors (Lipinski definition) is 0. The number of Topliss-reactive ketones (excluding diaryl/α,β-unsaturated/α-hetero) is 1. The maximum absolute atomic E-state index is 13.5. The van der Waals surface area contributed by atoms with Crippen molar-refractivity contribution in [3.05, 3.63) is 34.4 Å². The zero-order valence-corrected chi connectivity index (χ0v) is 18.4. The first-order chi connectivity index (χ1) is 12.3. The smallest absolute Gasteiger partial charge is 0.222 e. The molecule has 2 heterocycles. The molecule has 0 fully saturated rings. The molecule has 27 heavy (non-hydrogen) atoms. The van der Waals surface area contributed by atoms with Crippen molar-refractivity contribution in [1.29, 1.82) is 0 Å². The second kappa shape index (κ2) is 10.3. The molecule has 0 saturated heterocycles. The minimum absolute atomic E-state index is 0.111. The molecule has 0 amide bonds. The van der Waals surface area contributed by atoms with Gasteiger partial charge >= 0.3 is 0 Å². The Morgan fingerprint density at radius 2 is 1.33 bits per heavy atom. The summed E-state index contributed by atoms with van der Waals surface area (Å²) in [5, 5.41) is 7.79. The van der Waals surface area contributed by atoms with Gasteiger partial charge in [0.2, 0.25) is 11.9 Å². The molecule has 0 aliphatic heterocycles. The van der Waals surface area contributed by atoms with Crippen molar-refractivity contribution in [2.24, 2.45) is 19.5 Å². The molecule has 0 aliphatic carbocycles. The summed E-state index contributed by atoms with van der Waals surface area (Å²) in [6, 6.07) is 0. The Kier molecular flexibility index (Phi) is 9.54. The molecule has 2 aromatic rings. The van der Waals surface area contributed by atoms with Crippen molar-refractivity contribution in [2.45, 2.75) is 68.2 Å². The van der Waals surface area contributed by atoms with Gasteiger partial charge in [-0.25, -0.2) is 9.36 Å². The van der Waals surface area contributed by atoms with Crippen LogP contribution in [0.2, 0.25) is 0 Å². The Morgan fingerprint density at radius 3 is 1.56 bits per heavy atom. The number of carbonyl (C=O) groups excluding carboxylic acids is 1. The third-order valence-electron chi connectivity index (χ3n) is 3.68. The highest BCUT2D eigenvalue weighted by Gasteiger charge is 2.29.